The summed E-state index contributed by atoms with van der Waals surface area (Å²) in [5.41, 5.74) is 7.56. The van der Waals surface area contributed by atoms with Crippen molar-refractivity contribution in [1.29, 1.82) is 0 Å². The molecular formula is C14H18N4O2. The van der Waals surface area contributed by atoms with Crippen molar-refractivity contribution < 1.29 is 4.92 Å². The van der Waals surface area contributed by atoms with Gasteiger partial charge < -0.3 is 10.3 Å². The number of imidazole rings is 1. The quantitative estimate of drug-likeness (QED) is 0.667. The summed E-state index contributed by atoms with van der Waals surface area (Å²) in [6.07, 6.45) is 4.28. The maximum Gasteiger partial charge on any atom is 0.272 e. The third kappa shape index (κ3) is 3.03. The second-order valence-corrected chi connectivity index (χ2v) is 4.97. The first-order valence-electron chi connectivity index (χ1n) is 6.47. The first kappa shape index (κ1) is 14.2. The van der Waals surface area contributed by atoms with E-state index >= 15 is 0 Å². The van der Waals surface area contributed by atoms with Gasteiger partial charge in [-0.1, -0.05) is 12.1 Å². The molecule has 20 heavy (non-hydrogen) atoms. The van der Waals surface area contributed by atoms with Crippen LogP contribution in [0.3, 0.4) is 0 Å². The van der Waals surface area contributed by atoms with Gasteiger partial charge in [0.1, 0.15) is 5.82 Å². The molecule has 0 saturated heterocycles. The SMILES string of the molecule is Cc1c(Cn2ccnc2CC(C)N)cccc1[N+](=O)[O-]. The van der Waals surface area contributed by atoms with Crippen LogP contribution in [-0.4, -0.2) is 20.5 Å². The number of aromatic nitrogens is 2. The standard InChI is InChI=1S/C14H18N4O2/c1-10(15)8-14-16-6-7-17(14)9-12-4-3-5-13(11(12)2)18(19)20/h3-7,10H,8-9,15H2,1-2H3. The van der Waals surface area contributed by atoms with Crippen molar-refractivity contribution in [2.75, 3.05) is 0 Å². The molecule has 0 spiro atoms. The van der Waals surface area contributed by atoms with Crippen molar-refractivity contribution in [2.24, 2.45) is 5.73 Å². The molecule has 1 unspecified atom stereocenters. The highest BCUT2D eigenvalue weighted by Gasteiger charge is 2.14. The van der Waals surface area contributed by atoms with Crippen LogP contribution in [0.5, 0.6) is 0 Å². The van der Waals surface area contributed by atoms with Crippen LogP contribution in [0.4, 0.5) is 5.69 Å². The second kappa shape index (κ2) is 5.83. The first-order valence-corrected chi connectivity index (χ1v) is 6.47. The molecule has 0 aliphatic heterocycles. The molecule has 0 amide bonds. The molecule has 0 radical (unpaired) electrons. The van der Waals surface area contributed by atoms with Crippen LogP contribution < -0.4 is 5.73 Å². The number of hydrogen-bond acceptors (Lipinski definition) is 4. The molecular weight excluding hydrogens is 256 g/mol. The number of nitro benzene ring substituents is 1. The lowest BCUT2D eigenvalue weighted by molar-refractivity contribution is -0.385. The Bertz CT molecular complexity index is 619. The van der Waals surface area contributed by atoms with Crippen LogP contribution in [0.15, 0.2) is 30.6 Å². The van der Waals surface area contributed by atoms with Gasteiger partial charge >= 0.3 is 0 Å². The fraction of sp³-hybridized carbons (Fsp3) is 0.357. The number of benzene rings is 1. The number of hydrogen-bond donors (Lipinski definition) is 1. The van der Waals surface area contributed by atoms with Gasteiger partial charge in [-0.3, -0.25) is 10.1 Å². The summed E-state index contributed by atoms with van der Waals surface area (Å²) in [6.45, 7) is 4.27. The van der Waals surface area contributed by atoms with E-state index in [2.05, 4.69) is 4.98 Å². The molecule has 6 nitrogen and oxygen atoms in total. The van der Waals surface area contributed by atoms with Gasteiger partial charge in [0, 0.05) is 43.0 Å². The average molecular weight is 274 g/mol. The minimum Gasteiger partial charge on any atom is -0.330 e. The largest absolute Gasteiger partial charge is 0.330 e. The lowest BCUT2D eigenvalue weighted by Crippen LogP contribution is -2.20. The summed E-state index contributed by atoms with van der Waals surface area (Å²) < 4.78 is 1.98. The molecule has 6 heteroatoms. The van der Waals surface area contributed by atoms with E-state index in [-0.39, 0.29) is 16.7 Å². The van der Waals surface area contributed by atoms with Crippen LogP contribution in [-0.2, 0) is 13.0 Å². The number of rotatable bonds is 5. The van der Waals surface area contributed by atoms with Gasteiger partial charge in [0.05, 0.1) is 4.92 Å². The Labute approximate surface area is 117 Å². The van der Waals surface area contributed by atoms with Crippen LogP contribution in [0, 0.1) is 17.0 Å². The number of nitrogens with two attached hydrogens (primary N) is 1. The van der Waals surface area contributed by atoms with Gasteiger partial charge in [-0.15, -0.1) is 0 Å². The first-order chi connectivity index (χ1) is 9.49. The van der Waals surface area contributed by atoms with Crippen LogP contribution >= 0.6 is 0 Å². The lowest BCUT2D eigenvalue weighted by atomic mass is 10.1. The zero-order valence-corrected chi connectivity index (χ0v) is 11.6. The maximum absolute atomic E-state index is 11.0. The van der Waals surface area contributed by atoms with Gasteiger partial charge in [0.2, 0.25) is 0 Å². The number of nitro groups is 1. The molecule has 2 N–H and O–H groups in total. The topological polar surface area (TPSA) is 87.0 Å². The van der Waals surface area contributed by atoms with Crippen LogP contribution in [0.25, 0.3) is 0 Å². The summed E-state index contributed by atoms with van der Waals surface area (Å²) in [6, 6.07) is 5.17. The van der Waals surface area contributed by atoms with Gasteiger partial charge in [0.15, 0.2) is 0 Å². The summed E-state index contributed by atoms with van der Waals surface area (Å²) in [4.78, 5) is 14.9. The Morgan fingerprint density at radius 2 is 2.25 bits per heavy atom. The Morgan fingerprint density at radius 3 is 2.90 bits per heavy atom. The fourth-order valence-electron chi connectivity index (χ4n) is 2.18. The highest BCUT2D eigenvalue weighted by molar-refractivity contribution is 5.44. The van der Waals surface area contributed by atoms with Crippen molar-refractivity contribution >= 4 is 5.69 Å². The van der Waals surface area contributed by atoms with E-state index in [1.165, 1.54) is 6.07 Å². The Kier molecular flexibility index (Phi) is 4.14. The summed E-state index contributed by atoms with van der Waals surface area (Å²) in [7, 11) is 0. The number of nitrogens with zero attached hydrogens (tertiary/aromatic N) is 3. The lowest BCUT2D eigenvalue weighted by Gasteiger charge is -2.11. The molecule has 2 rings (SSSR count). The zero-order valence-electron chi connectivity index (χ0n) is 11.6. The molecule has 1 aromatic heterocycles. The smallest absolute Gasteiger partial charge is 0.272 e. The molecule has 1 heterocycles. The van der Waals surface area contributed by atoms with Crippen molar-refractivity contribution in [3.63, 3.8) is 0 Å². The Balaban J connectivity index is 2.29. The van der Waals surface area contributed by atoms with E-state index in [4.69, 9.17) is 5.73 Å². The normalized spacial score (nSPS) is 12.3. The van der Waals surface area contributed by atoms with Gasteiger partial charge in [-0.05, 0) is 19.4 Å². The molecule has 0 saturated carbocycles. The van der Waals surface area contributed by atoms with E-state index in [0.717, 1.165) is 11.4 Å². The minimum absolute atomic E-state index is 0.0300. The van der Waals surface area contributed by atoms with Gasteiger partial charge in [0.25, 0.3) is 5.69 Å². The van der Waals surface area contributed by atoms with E-state index in [0.29, 0.717) is 18.5 Å². The van der Waals surface area contributed by atoms with Gasteiger partial charge in [-0.2, -0.15) is 0 Å². The Hall–Kier alpha value is -2.21. The van der Waals surface area contributed by atoms with Crippen LogP contribution in [0.1, 0.15) is 23.9 Å². The predicted octanol–water partition coefficient (Wildman–Crippen LogP) is 2.04. The summed E-state index contributed by atoms with van der Waals surface area (Å²) >= 11 is 0. The summed E-state index contributed by atoms with van der Waals surface area (Å²) in [5, 5.41) is 11.0. The van der Waals surface area contributed by atoms with Crippen molar-refractivity contribution in [1.82, 2.24) is 9.55 Å². The Morgan fingerprint density at radius 1 is 1.50 bits per heavy atom. The van der Waals surface area contributed by atoms with Crippen molar-refractivity contribution in [2.45, 2.75) is 32.9 Å². The summed E-state index contributed by atoms with van der Waals surface area (Å²) in [5.74, 6) is 0.894. The molecule has 1 atom stereocenters. The molecule has 0 aliphatic carbocycles. The second-order valence-electron chi connectivity index (χ2n) is 4.97. The average Bonchev–Trinajstić information content (AvgIpc) is 2.78. The third-order valence-corrected chi connectivity index (χ3v) is 3.26. The van der Waals surface area contributed by atoms with E-state index in [1.54, 1.807) is 19.2 Å². The van der Waals surface area contributed by atoms with Crippen molar-refractivity contribution in [3.8, 4) is 0 Å². The molecule has 0 bridgehead atoms. The van der Waals surface area contributed by atoms with E-state index < -0.39 is 0 Å². The third-order valence-electron chi connectivity index (χ3n) is 3.26. The van der Waals surface area contributed by atoms with E-state index in [1.807, 2.05) is 23.8 Å². The molecule has 2 aromatic rings. The highest BCUT2D eigenvalue weighted by Crippen LogP contribution is 2.22. The molecule has 1 aromatic carbocycles. The van der Waals surface area contributed by atoms with Crippen LogP contribution in [0.2, 0.25) is 0 Å². The maximum atomic E-state index is 11.0. The highest BCUT2D eigenvalue weighted by atomic mass is 16.6. The molecule has 0 fully saturated rings. The minimum atomic E-state index is -0.352. The van der Waals surface area contributed by atoms with E-state index in [9.17, 15) is 10.1 Å². The zero-order chi connectivity index (χ0) is 14.7. The monoisotopic (exact) mass is 274 g/mol. The predicted molar refractivity (Wildman–Crippen MR) is 76.5 cm³/mol. The van der Waals surface area contributed by atoms with Gasteiger partial charge in [-0.25, -0.2) is 4.98 Å². The molecule has 0 aliphatic rings. The molecule has 106 valence electrons. The fourth-order valence-corrected chi connectivity index (χ4v) is 2.18. The van der Waals surface area contributed by atoms with Crippen molar-refractivity contribution in [3.05, 3.63) is 57.7 Å².